The number of nitrogens with one attached hydrogen (secondary N) is 1. The molecule has 0 atom stereocenters. The first-order valence-corrected chi connectivity index (χ1v) is 10.3. The molecule has 0 radical (unpaired) electrons. The van der Waals surface area contributed by atoms with Crippen molar-refractivity contribution in [1.29, 1.82) is 0 Å². The second-order valence-electron chi connectivity index (χ2n) is 6.82. The molecule has 144 valence electrons. The normalized spacial score (nSPS) is 21.0. The van der Waals surface area contributed by atoms with Gasteiger partial charge in [-0.15, -0.1) is 0 Å². The van der Waals surface area contributed by atoms with Crippen molar-refractivity contribution >= 4 is 39.3 Å². The molecule has 4 rings (SSSR count). The third kappa shape index (κ3) is 3.14. The molecule has 1 aromatic rings. The van der Waals surface area contributed by atoms with Gasteiger partial charge in [-0.1, -0.05) is 12.1 Å². The number of likely N-dealkylation sites (tertiary alicyclic amines) is 1. The number of para-hydroxylation sites is 2. The maximum absolute atomic E-state index is 12.9. The van der Waals surface area contributed by atoms with E-state index in [1.165, 1.54) is 8.61 Å². The average Bonchev–Trinajstić information content (AvgIpc) is 3.37. The van der Waals surface area contributed by atoms with Gasteiger partial charge in [-0.3, -0.25) is 19.3 Å². The van der Waals surface area contributed by atoms with Gasteiger partial charge in [0.1, 0.15) is 6.54 Å². The molecule has 0 bridgehead atoms. The fourth-order valence-electron chi connectivity index (χ4n) is 3.44. The number of anilines is 2. The van der Waals surface area contributed by atoms with Gasteiger partial charge >= 0.3 is 10.2 Å². The Morgan fingerprint density at radius 2 is 1.70 bits per heavy atom. The van der Waals surface area contributed by atoms with Gasteiger partial charge in [-0.05, 0) is 25.0 Å². The molecule has 1 saturated carbocycles. The fraction of sp³-hybridized carbons (Fsp3) is 0.471. The Hall–Kier alpha value is -2.62. The summed E-state index contributed by atoms with van der Waals surface area (Å²) in [6.07, 6.45) is 1.95. The lowest BCUT2D eigenvalue weighted by Gasteiger charge is -2.22. The van der Waals surface area contributed by atoms with E-state index in [1.54, 1.807) is 24.3 Å². The van der Waals surface area contributed by atoms with Gasteiger partial charge in [0.2, 0.25) is 17.7 Å². The number of fused-ring (bicyclic) bond motifs is 1. The molecule has 0 spiro atoms. The summed E-state index contributed by atoms with van der Waals surface area (Å²) < 4.78 is 28.6. The molecule has 2 aliphatic heterocycles. The molecule has 27 heavy (non-hydrogen) atoms. The quantitative estimate of drug-likeness (QED) is 0.685. The second kappa shape index (κ2) is 6.52. The van der Waals surface area contributed by atoms with E-state index >= 15 is 0 Å². The zero-order valence-electron chi connectivity index (χ0n) is 14.6. The molecule has 1 N–H and O–H groups in total. The summed E-state index contributed by atoms with van der Waals surface area (Å²) in [6.45, 7) is -0.160. The van der Waals surface area contributed by atoms with Crippen LogP contribution < -0.4 is 13.9 Å². The van der Waals surface area contributed by atoms with Crippen LogP contribution in [0, 0.1) is 0 Å². The van der Waals surface area contributed by atoms with Crippen LogP contribution in [0.2, 0.25) is 0 Å². The van der Waals surface area contributed by atoms with Crippen LogP contribution in [0.25, 0.3) is 0 Å². The number of carbonyl (C=O) groups is 3. The third-order valence-corrected chi connectivity index (χ3v) is 6.82. The summed E-state index contributed by atoms with van der Waals surface area (Å²) in [5.41, 5.74) is 1.27. The Bertz CT molecular complexity index is 896. The summed E-state index contributed by atoms with van der Waals surface area (Å²) in [7, 11) is -3.66. The highest BCUT2D eigenvalue weighted by molar-refractivity contribution is 7.94. The molecular formula is C17H20N4O5S. The van der Waals surface area contributed by atoms with Crippen molar-refractivity contribution in [3.05, 3.63) is 24.3 Å². The number of amides is 3. The Morgan fingerprint density at radius 1 is 1.07 bits per heavy atom. The minimum atomic E-state index is -3.66. The molecule has 9 nitrogen and oxygen atoms in total. The molecular weight excluding hydrogens is 372 g/mol. The number of imide groups is 1. The summed E-state index contributed by atoms with van der Waals surface area (Å²) in [4.78, 5) is 36.1. The molecule has 1 aliphatic carbocycles. The molecule has 1 saturated heterocycles. The standard InChI is InChI=1S/C17H20N4O5S/c22-15(11-19-16(23)7-8-17(19)24)18-9-10-20-13-3-1-2-4-14(13)21(12-5-6-12)27(20,25)26/h1-4,12H,5-11H2,(H,18,22). The van der Waals surface area contributed by atoms with Crippen molar-refractivity contribution in [2.75, 3.05) is 28.2 Å². The number of benzene rings is 1. The van der Waals surface area contributed by atoms with Crippen LogP contribution in [-0.2, 0) is 24.6 Å². The summed E-state index contributed by atoms with van der Waals surface area (Å²) in [5, 5.41) is 2.60. The first-order chi connectivity index (χ1) is 12.9. The van der Waals surface area contributed by atoms with Crippen LogP contribution in [0.15, 0.2) is 24.3 Å². The van der Waals surface area contributed by atoms with Crippen LogP contribution in [0.4, 0.5) is 11.4 Å². The Kier molecular flexibility index (Phi) is 4.29. The van der Waals surface area contributed by atoms with E-state index in [2.05, 4.69) is 5.32 Å². The number of nitrogens with zero attached hydrogens (tertiary/aromatic N) is 3. The van der Waals surface area contributed by atoms with Crippen molar-refractivity contribution < 1.29 is 22.8 Å². The van der Waals surface area contributed by atoms with Gasteiger partial charge < -0.3 is 5.32 Å². The lowest BCUT2D eigenvalue weighted by molar-refractivity contribution is -0.142. The van der Waals surface area contributed by atoms with E-state index in [9.17, 15) is 22.8 Å². The highest BCUT2D eigenvalue weighted by atomic mass is 32.2. The maximum atomic E-state index is 12.9. The van der Waals surface area contributed by atoms with Crippen molar-refractivity contribution in [1.82, 2.24) is 10.2 Å². The van der Waals surface area contributed by atoms with Gasteiger partial charge in [0.05, 0.1) is 17.9 Å². The van der Waals surface area contributed by atoms with Crippen molar-refractivity contribution in [2.45, 2.75) is 31.7 Å². The van der Waals surface area contributed by atoms with E-state index in [4.69, 9.17) is 0 Å². The van der Waals surface area contributed by atoms with Crippen LogP contribution >= 0.6 is 0 Å². The highest BCUT2D eigenvalue weighted by Crippen LogP contribution is 2.46. The third-order valence-electron chi connectivity index (χ3n) is 4.89. The summed E-state index contributed by atoms with van der Waals surface area (Å²) >= 11 is 0. The van der Waals surface area contributed by atoms with E-state index in [-0.39, 0.29) is 50.3 Å². The first-order valence-electron chi connectivity index (χ1n) is 8.90. The summed E-state index contributed by atoms with van der Waals surface area (Å²) in [6, 6.07) is 7.12. The van der Waals surface area contributed by atoms with Crippen molar-refractivity contribution in [3.8, 4) is 0 Å². The predicted molar refractivity (Wildman–Crippen MR) is 97.2 cm³/mol. The van der Waals surface area contributed by atoms with E-state index in [0.29, 0.717) is 11.4 Å². The van der Waals surface area contributed by atoms with Gasteiger partial charge in [0.15, 0.2) is 0 Å². The van der Waals surface area contributed by atoms with Crippen LogP contribution in [0.3, 0.4) is 0 Å². The zero-order valence-corrected chi connectivity index (χ0v) is 15.4. The largest absolute Gasteiger partial charge is 0.353 e. The minimum Gasteiger partial charge on any atom is -0.353 e. The molecule has 2 fully saturated rings. The first kappa shape index (κ1) is 17.8. The fourth-order valence-corrected chi connectivity index (χ4v) is 5.37. The molecule has 0 unspecified atom stereocenters. The monoisotopic (exact) mass is 392 g/mol. The van der Waals surface area contributed by atoms with Crippen molar-refractivity contribution in [2.24, 2.45) is 0 Å². The molecule has 0 aromatic heterocycles. The van der Waals surface area contributed by atoms with Crippen LogP contribution in [-0.4, -0.2) is 56.7 Å². The lowest BCUT2D eigenvalue weighted by Crippen LogP contribution is -2.45. The molecule has 2 heterocycles. The number of hydrogen-bond acceptors (Lipinski definition) is 5. The van der Waals surface area contributed by atoms with Crippen LogP contribution in [0.5, 0.6) is 0 Å². The topological polar surface area (TPSA) is 107 Å². The molecule has 1 aromatic carbocycles. The molecule has 3 amide bonds. The van der Waals surface area contributed by atoms with Gasteiger partial charge in [-0.2, -0.15) is 8.42 Å². The van der Waals surface area contributed by atoms with Crippen molar-refractivity contribution in [3.63, 3.8) is 0 Å². The predicted octanol–water partition coefficient (Wildman–Crippen LogP) is -0.0146. The van der Waals surface area contributed by atoms with Gasteiger partial charge in [0, 0.05) is 25.4 Å². The zero-order chi connectivity index (χ0) is 19.2. The van der Waals surface area contributed by atoms with E-state index in [1.807, 2.05) is 0 Å². The van der Waals surface area contributed by atoms with Crippen LogP contribution in [0.1, 0.15) is 25.7 Å². The average molecular weight is 392 g/mol. The molecule has 10 heteroatoms. The maximum Gasteiger partial charge on any atom is 0.326 e. The lowest BCUT2D eigenvalue weighted by atomic mass is 10.2. The van der Waals surface area contributed by atoms with E-state index < -0.39 is 16.1 Å². The second-order valence-corrected chi connectivity index (χ2v) is 8.55. The number of rotatable bonds is 6. The Morgan fingerprint density at radius 3 is 2.33 bits per heavy atom. The summed E-state index contributed by atoms with van der Waals surface area (Å²) in [5.74, 6) is -1.19. The minimum absolute atomic E-state index is 0.00272. The number of carbonyl (C=O) groups excluding carboxylic acids is 3. The molecule has 3 aliphatic rings. The van der Waals surface area contributed by atoms with Gasteiger partial charge in [-0.25, -0.2) is 8.61 Å². The SMILES string of the molecule is O=C(CN1C(=O)CCC1=O)NCCN1c2ccccc2N(C2CC2)S1(=O)=O. The Balaban J connectivity index is 1.40. The van der Waals surface area contributed by atoms with E-state index in [0.717, 1.165) is 17.7 Å². The smallest absolute Gasteiger partial charge is 0.326 e. The number of hydrogen-bond donors (Lipinski definition) is 1. The van der Waals surface area contributed by atoms with Gasteiger partial charge in [0.25, 0.3) is 0 Å². The highest BCUT2D eigenvalue weighted by Gasteiger charge is 2.47. The Labute approximate surface area is 157 Å².